The Morgan fingerprint density at radius 1 is 0.867 bits per heavy atom. The lowest BCUT2D eigenvalue weighted by molar-refractivity contribution is -0.408. The number of carbonyl (C=O) groups excluding carboxylic acids is 3. The average molecular weight is 448 g/mol. The Bertz CT molecular complexity index is 764. The van der Waals surface area contributed by atoms with Crippen molar-refractivity contribution < 1.29 is 40.2 Å². The molecule has 0 radical (unpaired) electrons. The molecule has 0 saturated carbocycles. The number of amides is 1. The quantitative estimate of drug-likeness (QED) is 0.414. The van der Waals surface area contributed by atoms with Gasteiger partial charge in [-0.1, -0.05) is 0 Å². The lowest BCUT2D eigenvalue weighted by Crippen LogP contribution is -2.66. The maximum atomic E-state index is 11.4. The van der Waals surface area contributed by atoms with Gasteiger partial charge in [-0.3, -0.25) is 18.7 Å². The van der Waals surface area contributed by atoms with Crippen molar-refractivity contribution in [3.05, 3.63) is 49.1 Å². The molecule has 168 valence electrons. The molecule has 1 amide bonds. The highest BCUT2D eigenvalue weighted by atomic mass is 35.5. The number of nitrogens with zero attached hydrogens (tertiary/aromatic N) is 2. The van der Waals surface area contributed by atoms with Crippen LogP contribution in [0.4, 0.5) is 9.59 Å². The fourth-order valence-corrected chi connectivity index (χ4v) is 1.56. The van der Waals surface area contributed by atoms with Gasteiger partial charge in [-0.2, -0.15) is 0 Å². The Morgan fingerprint density at radius 2 is 1.30 bits per heavy atom. The van der Waals surface area contributed by atoms with Gasteiger partial charge < -0.3 is 26.4 Å². The Hall–Kier alpha value is -2.99. The van der Waals surface area contributed by atoms with Gasteiger partial charge in [-0.05, 0) is 31.2 Å². The second kappa shape index (κ2) is 15.9. The van der Waals surface area contributed by atoms with Crippen LogP contribution in [0.25, 0.3) is 0 Å². The molecule has 2 atom stereocenters. The largest absolute Gasteiger partial charge is 0.464 e. The van der Waals surface area contributed by atoms with Gasteiger partial charge in [0.1, 0.15) is 12.6 Å². The lowest BCUT2D eigenvalue weighted by Gasteiger charge is -2.12. The van der Waals surface area contributed by atoms with Crippen molar-refractivity contribution in [1.82, 2.24) is 14.5 Å². The summed E-state index contributed by atoms with van der Waals surface area (Å²) < 4.78 is 2.38. The first-order valence-corrected chi connectivity index (χ1v) is 8.49. The lowest BCUT2D eigenvalue weighted by atomic mass is 10.2. The summed E-state index contributed by atoms with van der Waals surface area (Å²) in [6.07, 6.45) is 5.12. The monoisotopic (exact) mass is 447 g/mol. The minimum atomic E-state index is -0.949. The number of rotatable bonds is 5. The summed E-state index contributed by atoms with van der Waals surface area (Å²) in [5.41, 5.74) is 3.36. The van der Waals surface area contributed by atoms with Crippen LogP contribution in [0.1, 0.15) is 13.8 Å². The van der Waals surface area contributed by atoms with Crippen LogP contribution in [0.15, 0.2) is 49.1 Å². The van der Waals surface area contributed by atoms with Crippen molar-refractivity contribution in [2.24, 2.45) is 0 Å². The molecule has 2 heterocycles. The number of nitrogens with one attached hydrogen (secondary N) is 1. The van der Waals surface area contributed by atoms with Gasteiger partial charge in [0, 0.05) is 31.7 Å². The SMILES string of the molecule is CC(=O)[C@@H]([NH3+])CO.CC(=O)[C@H](CO)NC(=O)n1cccc1.Cl.O=C(O)n1cccc1. The summed E-state index contributed by atoms with van der Waals surface area (Å²) in [5.74, 6) is -0.337. The van der Waals surface area contributed by atoms with Crippen LogP contribution >= 0.6 is 12.4 Å². The zero-order chi connectivity index (χ0) is 22.4. The maximum Gasteiger partial charge on any atom is 0.415 e. The van der Waals surface area contributed by atoms with Crippen LogP contribution < -0.4 is 11.1 Å². The van der Waals surface area contributed by atoms with Crippen LogP contribution in [0.5, 0.6) is 0 Å². The number of halogens is 1. The molecular formula is C18H28ClN4O7+. The van der Waals surface area contributed by atoms with E-state index in [0.29, 0.717) is 0 Å². The third-order valence-corrected chi connectivity index (χ3v) is 3.43. The number of carboxylic acid groups (broad SMARTS) is 1. The van der Waals surface area contributed by atoms with E-state index in [9.17, 15) is 19.2 Å². The van der Waals surface area contributed by atoms with Crippen molar-refractivity contribution in [2.45, 2.75) is 25.9 Å². The molecule has 11 nitrogen and oxygen atoms in total. The first kappa shape index (κ1) is 29.2. The second-order valence-electron chi connectivity index (χ2n) is 5.75. The molecule has 0 aliphatic carbocycles. The van der Waals surface area contributed by atoms with Crippen molar-refractivity contribution in [3.63, 3.8) is 0 Å². The van der Waals surface area contributed by atoms with Gasteiger partial charge in [0.2, 0.25) is 0 Å². The van der Waals surface area contributed by atoms with Crippen LogP contribution in [-0.4, -0.2) is 73.4 Å². The molecule has 0 aliphatic heterocycles. The molecule has 0 aliphatic rings. The number of hydrogen-bond donors (Lipinski definition) is 5. The third kappa shape index (κ3) is 11.8. The van der Waals surface area contributed by atoms with E-state index in [2.05, 4.69) is 11.1 Å². The highest BCUT2D eigenvalue weighted by Gasteiger charge is 2.15. The predicted octanol–water partition coefficient (Wildman–Crippen LogP) is -0.390. The number of ketones is 2. The number of quaternary nitrogens is 1. The van der Waals surface area contributed by atoms with Gasteiger partial charge in [0.15, 0.2) is 17.6 Å². The summed E-state index contributed by atoms with van der Waals surface area (Å²) in [5, 5.41) is 27.6. The van der Waals surface area contributed by atoms with Crippen molar-refractivity contribution >= 4 is 36.1 Å². The van der Waals surface area contributed by atoms with Crippen molar-refractivity contribution in [2.75, 3.05) is 13.2 Å². The van der Waals surface area contributed by atoms with Crippen LogP contribution in [0, 0.1) is 0 Å². The Balaban J connectivity index is 0. The highest BCUT2D eigenvalue weighted by molar-refractivity contribution is 5.87. The molecule has 0 saturated heterocycles. The number of hydrogen-bond acceptors (Lipinski definition) is 6. The van der Waals surface area contributed by atoms with E-state index < -0.39 is 24.2 Å². The maximum absolute atomic E-state index is 11.4. The normalized spacial score (nSPS) is 11.2. The number of aliphatic hydroxyl groups is 2. The molecule has 2 aromatic rings. The number of Topliss-reactive ketones (excluding diaryl/α,β-unsaturated/α-hetero) is 2. The number of aromatic nitrogens is 2. The van der Waals surface area contributed by atoms with Crippen molar-refractivity contribution in [1.29, 1.82) is 0 Å². The summed E-state index contributed by atoms with van der Waals surface area (Å²) >= 11 is 0. The zero-order valence-electron chi connectivity index (χ0n) is 16.7. The molecule has 30 heavy (non-hydrogen) atoms. The molecular weight excluding hydrogens is 420 g/mol. The number of carbonyl (C=O) groups is 4. The molecule has 2 rings (SSSR count). The van der Waals surface area contributed by atoms with Gasteiger partial charge in [0.05, 0.1) is 6.61 Å². The van der Waals surface area contributed by atoms with Gasteiger partial charge in [0.25, 0.3) is 0 Å². The van der Waals surface area contributed by atoms with E-state index in [1.807, 2.05) is 0 Å². The van der Waals surface area contributed by atoms with Crippen LogP contribution in [0.3, 0.4) is 0 Å². The Labute approximate surface area is 179 Å². The Kier molecular flexibility index (Phi) is 15.5. The standard InChI is InChI=1S/C9H12N2O3.C5H5NO2.C4H9NO2.ClH/c1-7(13)8(6-12)10-9(14)11-4-2-3-5-11;7-5(8)6-3-1-2-4-6;1-3(7)4(5)2-6;/h2-5,8,12H,6H2,1H3,(H,10,14);1-4H,(H,7,8);4,6H,2,5H2,1H3;1H/p+1/t8-;;4-;/m0.0./s1. The van der Waals surface area contributed by atoms with E-state index >= 15 is 0 Å². The van der Waals surface area contributed by atoms with Gasteiger partial charge in [-0.25, -0.2) is 9.59 Å². The van der Waals surface area contributed by atoms with Gasteiger partial charge in [-0.15, -0.1) is 12.4 Å². The van der Waals surface area contributed by atoms with E-state index in [4.69, 9.17) is 15.3 Å². The third-order valence-electron chi connectivity index (χ3n) is 3.43. The minimum absolute atomic E-state index is 0. The van der Waals surface area contributed by atoms with Gasteiger partial charge >= 0.3 is 12.1 Å². The molecule has 12 heteroatoms. The fraction of sp³-hybridized carbons (Fsp3) is 0.333. The Morgan fingerprint density at radius 3 is 1.53 bits per heavy atom. The summed E-state index contributed by atoms with van der Waals surface area (Å²) in [4.78, 5) is 42.4. The zero-order valence-corrected chi connectivity index (χ0v) is 17.5. The summed E-state index contributed by atoms with van der Waals surface area (Å²) in [6.45, 7) is 2.20. The number of aliphatic hydroxyl groups excluding tert-OH is 2. The minimum Gasteiger partial charge on any atom is -0.464 e. The first-order chi connectivity index (χ1) is 13.6. The van der Waals surface area contributed by atoms with E-state index in [-0.39, 0.29) is 37.2 Å². The highest BCUT2D eigenvalue weighted by Crippen LogP contribution is 1.92. The summed E-state index contributed by atoms with van der Waals surface area (Å²) in [7, 11) is 0. The van der Waals surface area contributed by atoms with Crippen LogP contribution in [-0.2, 0) is 9.59 Å². The van der Waals surface area contributed by atoms with Crippen LogP contribution in [0.2, 0.25) is 0 Å². The summed E-state index contributed by atoms with van der Waals surface area (Å²) in [6, 6.07) is 5.03. The van der Waals surface area contributed by atoms with E-state index in [1.54, 1.807) is 36.7 Å². The second-order valence-corrected chi connectivity index (χ2v) is 5.75. The molecule has 0 aromatic carbocycles. The molecule has 0 bridgehead atoms. The molecule has 0 spiro atoms. The molecule has 2 aromatic heterocycles. The topological polar surface area (TPSA) is 178 Å². The predicted molar refractivity (Wildman–Crippen MR) is 109 cm³/mol. The average Bonchev–Trinajstić information content (AvgIpc) is 3.39. The molecule has 0 fully saturated rings. The van der Waals surface area contributed by atoms with E-state index in [0.717, 1.165) is 4.57 Å². The first-order valence-electron chi connectivity index (χ1n) is 8.49. The molecule has 7 N–H and O–H groups in total. The molecule has 0 unspecified atom stereocenters. The smallest absolute Gasteiger partial charge is 0.415 e. The van der Waals surface area contributed by atoms with E-state index in [1.165, 1.54) is 30.8 Å². The fourth-order valence-electron chi connectivity index (χ4n) is 1.56. The van der Waals surface area contributed by atoms with Crippen molar-refractivity contribution in [3.8, 4) is 0 Å².